The summed E-state index contributed by atoms with van der Waals surface area (Å²) in [5.74, 6) is 3.75. The van der Waals surface area contributed by atoms with Gasteiger partial charge in [-0.05, 0) is 32.1 Å². The predicted octanol–water partition coefficient (Wildman–Crippen LogP) is 1.86. The van der Waals surface area contributed by atoms with Crippen molar-refractivity contribution < 1.29 is 0 Å². The van der Waals surface area contributed by atoms with Gasteiger partial charge in [0.15, 0.2) is 0 Å². The predicted molar refractivity (Wildman–Crippen MR) is 68.2 cm³/mol. The van der Waals surface area contributed by atoms with E-state index < -0.39 is 0 Å². The van der Waals surface area contributed by atoms with Gasteiger partial charge in [0, 0.05) is 37.6 Å². The maximum Gasteiger partial charge on any atom is 0.0240 e. The van der Waals surface area contributed by atoms with Crippen LogP contribution in [0, 0.1) is 18.3 Å². The number of nitrogens with zero attached hydrogens (tertiary/aromatic N) is 1. The van der Waals surface area contributed by atoms with E-state index in [1.165, 1.54) is 25.8 Å². The first-order chi connectivity index (χ1) is 7.76. The lowest BCUT2D eigenvalue weighted by Gasteiger charge is -2.43. The average molecular weight is 220 g/mol. The Kier molecular flexibility index (Phi) is 3.89. The Balaban J connectivity index is 1.95. The van der Waals surface area contributed by atoms with Gasteiger partial charge in [0.1, 0.15) is 0 Å². The van der Waals surface area contributed by atoms with Crippen LogP contribution in [-0.4, -0.2) is 36.1 Å². The van der Waals surface area contributed by atoms with Crippen molar-refractivity contribution in [3.05, 3.63) is 0 Å². The van der Waals surface area contributed by atoms with E-state index >= 15 is 0 Å². The molecule has 0 aromatic heterocycles. The molecule has 1 saturated carbocycles. The Morgan fingerprint density at radius 2 is 2.25 bits per heavy atom. The number of hydrogen-bond donors (Lipinski definition) is 1. The summed E-state index contributed by atoms with van der Waals surface area (Å²) in [7, 11) is 0. The summed E-state index contributed by atoms with van der Waals surface area (Å²) in [5, 5.41) is 3.72. The molecule has 0 aromatic rings. The third kappa shape index (κ3) is 2.59. The largest absolute Gasteiger partial charge is 0.311 e. The third-order valence-electron chi connectivity index (χ3n) is 4.13. The second kappa shape index (κ2) is 5.21. The van der Waals surface area contributed by atoms with Crippen LogP contribution in [0.25, 0.3) is 0 Å². The quantitative estimate of drug-likeness (QED) is 0.728. The Morgan fingerprint density at radius 1 is 1.50 bits per heavy atom. The topological polar surface area (TPSA) is 15.3 Å². The molecule has 0 bridgehead atoms. The number of nitrogens with one attached hydrogen (secondary N) is 1. The molecule has 2 rings (SSSR count). The molecule has 2 aliphatic rings. The summed E-state index contributed by atoms with van der Waals surface area (Å²) in [4.78, 5) is 2.64. The first-order valence-corrected chi connectivity index (χ1v) is 6.68. The lowest BCUT2D eigenvalue weighted by Crippen LogP contribution is -2.59. The maximum atomic E-state index is 5.44. The highest BCUT2D eigenvalue weighted by atomic mass is 15.3. The zero-order valence-electron chi connectivity index (χ0n) is 10.6. The highest BCUT2D eigenvalue weighted by Crippen LogP contribution is 2.34. The third-order valence-corrected chi connectivity index (χ3v) is 4.13. The van der Waals surface area contributed by atoms with Gasteiger partial charge in [-0.1, -0.05) is 6.92 Å². The first-order valence-electron chi connectivity index (χ1n) is 6.68. The molecule has 2 fully saturated rings. The Morgan fingerprint density at radius 3 is 2.81 bits per heavy atom. The SMILES string of the molecule is C#CCC(C)N1CC(C2CC2)NCC1CC. The van der Waals surface area contributed by atoms with Crippen molar-refractivity contribution in [2.24, 2.45) is 5.92 Å². The fraction of sp³-hybridized carbons (Fsp3) is 0.857. The van der Waals surface area contributed by atoms with Gasteiger partial charge >= 0.3 is 0 Å². The summed E-state index contributed by atoms with van der Waals surface area (Å²) in [6.07, 6.45) is 10.4. The molecule has 1 N–H and O–H groups in total. The average Bonchev–Trinajstić information content (AvgIpc) is 3.12. The minimum absolute atomic E-state index is 0.540. The van der Waals surface area contributed by atoms with Crippen LogP contribution in [0.3, 0.4) is 0 Å². The molecule has 0 aromatic carbocycles. The van der Waals surface area contributed by atoms with E-state index in [9.17, 15) is 0 Å². The van der Waals surface area contributed by atoms with E-state index in [2.05, 4.69) is 30.0 Å². The van der Waals surface area contributed by atoms with Gasteiger partial charge in [-0.15, -0.1) is 12.3 Å². The molecule has 0 radical (unpaired) electrons. The fourth-order valence-electron chi connectivity index (χ4n) is 2.87. The van der Waals surface area contributed by atoms with E-state index in [0.717, 1.165) is 24.9 Å². The second-order valence-electron chi connectivity index (χ2n) is 5.37. The van der Waals surface area contributed by atoms with Gasteiger partial charge in [-0.3, -0.25) is 4.90 Å². The van der Waals surface area contributed by atoms with Crippen LogP contribution in [-0.2, 0) is 0 Å². The summed E-state index contributed by atoms with van der Waals surface area (Å²) in [6.45, 7) is 6.90. The lowest BCUT2D eigenvalue weighted by molar-refractivity contribution is 0.0825. The smallest absolute Gasteiger partial charge is 0.0240 e. The van der Waals surface area contributed by atoms with E-state index in [0.29, 0.717) is 12.1 Å². The molecule has 1 saturated heterocycles. The molecule has 1 aliphatic carbocycles. The van der Waals surface area contributed by atoms with Crippen molar-refractivity contribution in [1.82, 2.24) is 10.2 Å². The number of terminal acetylenes is 1. The zero-order valence-corrected chi connectivity index (χ0v) is 10.6. The van der Waals surface area contributed by atoms with Gasteiger partial charge in [0.2, 0.25) is 0 Å². The van der Waals surface area contributed by atoms with Crippen LogP contribution in [0.15, 0.2) is 0 Å². The van der Waals surface area contributed by atoms with Crippen LogP contribution in [0.1, 0.15) is 39.5 Å². The highest BCUT2D eigenvalue weighted by Gasteiger charge is 2.37. The first kappa shape index (κ1) is 12.0. The summed E-state index contributed by atoms with van der Waals surface area (Å²) in [5.41, 5.74) is 0. The molecule has 90 valence electrons. The minimum atomic E-state index is 0.540. The molecule has 2 heteroatoms. The van der Waals surface area contributed by atoms with E-state index in [1.54, 1.807) is 0 Å². The lowest BCUT2D eigenvalue weighted by atomic mass is 10.0. The van der Waals surface area contributed by atoms with Crippen molar-refractivity contribution in [2.45, 2.75) is 57.7 Å². The molecular formula is C14H24N2. The van der Waals surface area contributed by atoms with Crippen molar-refractivity contribution >= 4 is 0 Å². The minimum Gasteiger partial charge on any atom is -0.311 e. The maximum absolute atomic E-state index is 5.44. The van der Waals surface area contributed by atoms with E-state index in [4.69, 9.17) is 6.42 Å². The van der Waals surface area contributed by atoms with Crippen molar-refractivity contribution in [2.75, 3.05) is 13.1 Å². The molecule has 16 heavy (non-hydrogen) atoms. The molecule has 3 atom stereocenters. The van der Waals surface area contributed by atoms with Gasteiger partial charge in [-0.25, -0.2) is 0 Å². The van der Waals surface area contributed by atoms with Crippen molar-refractivity contribution in [1.29, 1.82) is 0 Å². The zero-order chi connectivity index (χ0) is 11.5. The van der Waals surface area contributed by atoms with Gasteiger partial charge in [0.05, 0.1) is 0 Å². The van der Waals surface area contributed by atoms with Crippen molar-refractivity contribution in [3.8, 4) is 12.3 Å². The van der Waals surface area contributed by atoms with E-state index in [1.807, 2.05) is 0 Å². The standard InChI is InChI=1S/C14H24N2/c1-4-6-11(3)16-10-14(12-7-8-12)15-9-13(16)5-2/h1,11-15H,5-10H2,2-3H3. The monoisotopic (exact) mass is 220 g/mol. The second-order valence-corrected chi connectivity index (χ2v) is 5.37. The summed E-state index contributed by atoms with van der Waals surface area (Å²) < 4.78 is 0. The molecule has 3 unspecified atom stereocenters. The fourth-order valence-corrected chi connectivity index (χ4v) is 2.87. The van der Waals surface area contributed by atoms with Crippen LogP contribution in [0.5, 0.6) is 0 Å². The number of hydrogen-bond acceptors (Lipinski definition) is 2. The van der Waals surface area contributed by atoms with E-state index in [-0.39, 0.29) is 0 Å². The Hall–Kier alpha value is -0.520. The highest BCUT2D eigenvalue weighted by molar-refractivity contribution is 4.98. The van der Waals surface area contributed by atoms with Gasteiger partial charge in [-0.2, -0.15) is 0 Å². The molecule has 2 nitrogen and oxygen atoms in total. The molecule has 1 heterocycles. The Bertz CT molecular complexity index is 264. The van der Waals surface area contributed by atoms with Gasteiger partial charge in [0.25, 0.3) is 0 Å². The van der Waals surface area contributed by atoms with Crippen LogP contribution in [0.4, 0.5) is 0 Å². The van der Waals surface area contributed by atoms with Crippen LogP contribution < -0.4 is 5.32 Å². The normalized spacial score (nSPS) is 33.3. The molecular weight excluding hydrogens is 196 g/mol. The molecule has 0 amide bonds. The molecule has 0 spiro atoms. The van der Waals surface area contributed by atoms with Crippen LogP contribution in [0.2, 0.25) is 0 Å². The summed E-state index contributed by atoms with van der Waals surface area (Å²) >= 11 is 0. The number of piperazine rings is 1. The van der Waals surface area contributed by atoms with Crippen LogP contribution >= 0.6 is 0 Å². The summed E-state index contributed by atoms with van der Waals surface area (Å²) in [6, 6.07) is 1.94. The molecule has 1 aliphatic heterocycles. The van der Waals surface area contributed by atoms with Crippen molar-refractivity contribution in [3.63, 3.8) is 0 Å². The van der Waals surface area contributed by atoms with Gasteiger partial charge < -0.3 is 5.32 Å². The Labute approximate surface area is 99.8 Å². The number of rotatable bonds is 4.